The Labute approximate surface area is 188 Å². The van der Waals surface area contributed by atoms with Crippen LogP contribution in [0.1, 0.15) is 26.0 Å². The number of aliphatic hydroxyl groups excluding tert-OH is 3. The topological polar surface area (TPSA) is 156 Å². The number of nitro groups is 1. The Morgan fingerprint density at radius 2 is 2.06 bits per heavy atom. The van der Waals surface area contributed by atoms with Crippen LogP contribution in [-0.2, 0) is 15.9 Å². The van der Waals surface area contributed by atoms with Gasteiger partial charge in [-0.3, -0.25) is 10.1 Å². The van der Waals surface area contributed by atoms with Crippen LogP contribution in [0.25, 0.3) is 5.69 Å². The van der Waals surface area contributed by atoms with Crippen LogP contribution in [0, 0.1) is 27.8 Å². The minimum atomic E-state index is -1.15. The molecule has 0 saturated carbocycles. The van der Waals surface area contributed by atoms with E-state index in [1.165, 1.54) is 16.9 Å². The maximum Gasteiger partial charge on any atom is 0.306 e. The molecule has 2 fully saturated rings. The van der Waals surface area contributed by atoms with Crippen LogP contribution < -0.4 is 0 Å². The summed E-state index contributed by atoms with van der Waals surface area (Å²) in [5, 5.41) is 49.8. The molecule has 12 heteroatoms. The summed E-state index contributed by atoms with van der Waals surface area (Å²) in [6, 6.07) is 3.38. The Morgan fingerprint density at radius 1 is 1.30 bits per heavy atom. The van der Waals surface area contributed by atoms with Gasteiger partial charge in [-0.1, -0.05) is 12.1 Å². The molecular formula is C21H27FN4O7. The first-order valence-corrected chi connectivity index (χ1v) is 10.8. The summed E-state index contributed by atoms with van der Waals surface area (Å²) in [6.07, 6.45) is -1.32. The summed E-state index contributed by atoms with van der Waals surface area (Å²) in [7, 11) is 0. The number of nitro benzene ring substituents is 1. The van der Waals surface area contributed by atoms with Crippen LogP contribution in [0.3, 0.4) is 0 Å². The van der Waals surface area contributed by atoms with E-state index in [0.717, 1.165) is 12.1 Å². The van der Waals surface area contributed by atoms with Gasteiger partial charge in [-0.05, 0) is 25.5 Å². The number of aromatic nitrogens is 3. The molecule has 3 heterocycles. The van der Waals surface area contributed by atoms with E-state index in [1.807, 2.05) is 6.92 Å². The van der Waals surface area contributed by atoms with Crippen molar-refractivity contribution in [1.29, 1.82) is 0 Å². The second-order valence-electron chi connectivity index (χ2n) is 8.84. The van der Waals surface area contributed by atoms with Crippen LogP contribution in [0.4, 0.5) is 10.1 Å². The number of hydrogen-bond donors (Lipinski definition) is 3. The molecule has 2 aromatic rings. The fourth-order valence-electron chi connectivity index (χ4n) is 4.22. The minimum absolute atomic E-state index is 0.0144. The van der Waals surface area contributed by atoms with E-state index in [-0.39, 0.29) is 42.8 Å². The van der Waals surface area contributed by atoms with Crippen molar-refractivity contribution in [1.82, 2.24) is 15.0 Å². The van der Waals surface area contributed by atoms with E-state index >= 15 is 0 Å². The number of ether oxygens (including phenoxy) is 2. The van der Waals surface area contributed by atoms with Crippen molar-refractivity contribution < 1.29 is 34.1 Å². The maximum atomic E-state index is 13.6. The fourth-order valence-corrected chi connectivity index (χ4v) is 4.22. The average Bonchev–Trinajstić information content (AvgIpc) is 3.38. The van der Waals surface area contributed by atoms with Gasteiger partial charge in [-0.2, -0.15) is 4.39 Å². The monoisotopic (exact) mass is 466 g/mol. The maximum absolute atomic E-state index is 13.6. The Balaban J connectivity index is 1.35. The highest BCUT2D eigenvalue weighted by Gasteiger charge is 2.48. The molecule has 33 heavy (non-hydrogen) atoms. The fraction of sp³-hybridized carbons (Fsp3) is 0.619. The zero-order valence-electron chi connectivity index (χ0n) is 18.2. The average molecular weight is 466 g/mol. The van der Waals surface area contributed by atoms with Gasteiger partial charge in [-0.25, -0.2) is 4.68 Å². The van der Waals surface area contributed by atoms with Gasteiger partial charge < -0.3 is 24.8 Å². The molecule has 0 amide bonds. The molecular weight excluding hydrogens is 439 g/mol. The predicted octanol–water partition coefficient (Wildman–Crippen LogP) is 0.768. The number of hydrogen-bond acceptors (Lipinski definition) is 9. The molecule has 0 radical (unpaired) electrons. The normalized spacial score (nSPS) is 31.2. The molecule has 0 spiro atoms. The number of rotatable bonds is 8. The summed E-state index contributed by atoms with van der Waals surface area (Å²) in [5.74, 6) is -1.27. The first-order chi connectivity index (χ1) is 15.7. The summed E-state index contributed by atoms with van der Waals surface area (Å²) in [6.45, 7) is 3.85. The van der Waals surface area contributed by atoms with Crippen molar-refractivity contribution in [3.05, 3.63) is 46.0 Å². The van der Waals surface area contributed by atoms with Crippen molar-refractivity contribution in [3.63, 3.8) is 0 Å². The number of aliphatic hydroxyl groups is 3. The van der Waals surface area contributed by atoms with Crippen LogP contribution >= 0.6 is 0 Å². The van der Waals surface area contributed by atoms with Crippen molar-refractivity contribution in [2.75, 3.05) is 6.61 Å². The van der Waals surface area contributed by atoms with Gasteiger partial charge in [0.25, 0.3) is 0 Å². The Hall–Kier alpha value is -2.51. The molecule has 2 aliphatic rings. The summed E-state index contributed by atoms with van der Waals surface area (Å²) >= 11 is 0. The van der Waals surface area contributed by atoms with Gasteiger partial charge in [-0.15, -0.1) is 5.10 Å². The van der Waals surface area contributed by atoms with Crippen LogP contribution in [0.2, 0.25) is 0 Å². The summed E-state index contributed by atoms with van der Waals surface area (Å²) in [4.78, 5) is 10.1. The van der Waals surface area contributed by atoms with Crippen LogP contribution in [0.5, 0.6) is 0 Å². The lowest BCUT2D eigenvalue weighted by molar-refractivity contribution is -0.387. The highest BCUT2D eigenvalue weighted by atomic mass is 19.1. The van der Waals surface area contributed by atoms with Gasteiger partial charge >= 0.3 is 5.69 Å². The van der Waals surface area contributed by atoms with Crippen molar-refractivity contribution in [2.24, 2.45) is 11.8 Å². The summed E-state index contributed by atoms with van der Waals surface area (Å²) < 4.78 is 26.3. The smallest absolute Gasteiger partial charge is 0.306 e. The van der Waals surface area contributed by atoms with Gasteiger partial charge in [0, 0.05) is 24.3 Å². The highest BCUT2D eigenvalue weighted by molar-refractivity contribution is 5.43. The predicted molar refractivity (Wildman–Crippen MR) is 111 cm³/mol. The van der Waals surface area contributed by atoms with Crippen LogP contribution in [0.15, 0.2) is 24.4 Å². The highest BCUT2D eigenvalue weighted by Crippen LogP contribution is 2.38. The van der Waals surface area contributed by atoms with E-state index in [9.17, 15) is 29.8 Å². The molecule has 1 aromatic carbocycles. The van der Waals surface area contributed by atoms with Gasteiger partial charge in [0.05, 0.1) is 59.6 Å². The number of halogens is 1. The lowest BCUT2D eigenvalue weighted by Gasteiger charge is -2.37. The largest absolute Gasteiger partial charge is 0.393 e. The second kappa shape index (κ2) is 9.39. The van der Waals surface area contributed by atoms with E-state index in [1.54, 1.807) is 6.92 Å². The van der Waals surface area contributed by atoms with E-state index in [0.29, 0.717) is 12.1 Å². The molecule has 4 rings (SSSR count). The lowest BCUT2D eigenvalue weighted by atomic mass is 9.86. The first kappa shape index (κ1) is 23.6. The van der Waals surface area contributed by atoms with Crippen molar-refractivity contribution >= 4 is 5.69 Å². The third-order valence-electron chi connectivity index (χ3n) is 6.52. The van der Waals surface area contributed by atoms with E-state index in [4.69, 9.17) is 9.47 Å². The number of nitrogens with zero attached hydrogens (tertiary/aromatic N) is 4. The molecule has 2 saturated heterocycles. The van der Waals surface area contributed by atoms with Crippen molar-refractivity contribution in [3.8, 4) is 5.69 Å². The van der Waals surface area contributed by atoms with Gasteiger partial charge in [0.2, 0.25) is 5.82 Å². The molecule has 8 atom stereocenters. The molecule has 1 aromatic heterocycles. The minimum Gasteiger partial charge on any atom is -0.393 e. The Morgan fingerprint density at radius 3 is 2.76 bits per heavy atom. The molecule has 0 bridgehead atoms. The molecule has 3 N–H and O–H groups in total. The first-order valence-electron chi connectivity index (χ1n) is 10.8. The van der Waals surface area contributed by atoms with Crippen LogP contribution in [-0.4, -0.2) is 78.5 Å². The Kier molecular flexibility index (Phi) is 6.73. The van der Waals surface area contributed by atoms with E-state index in [2.05, 4.69) is 10.3 Å². The molecule has 11 nitrogen and oxygen atoms in total. The zero-order chi connectivity index (χ0) is 23.9. The molecule has 0 aliphatic carbocycles. The van der Waals surface area contributed by atoms with Gasteiger partial charge in [0.1, 0.15) is 6.10 Å². The quantitative estimate of drug-likeness (QED) is 0.290. The second-order valence-corrected chi connectivity index (χ2v) is 8.84. The standard InChI is InChI=1S/C21H27FN4O7/c1-10(11(2)27)21-18(33-21)5-12-9-32-17(20(29)19(12)28)6-13-8-25(24-23-13)14-3-4-15(22)16(7-14)26(30)31/h3-4,7-8,10-12,17-21,27-29H,5-6,9H2,1-2H3/t10-,11-,12-,17-,18-,19+,20-,21-/m0/s1. The summed E-state index contributed by atoms with van der Waals surface area (Å²) in [5.41, 5.74) is 0.0278. The Bertz CT molecular complexity index is 1000. The lowest BCUT2D eigenvalue weighted by Crippen LogP contribution is -2.51. The molecule has 2 aliphatic heterocycles. The number of epoxide rings is 1. The third-order valence-corrected chi connectivity index (χ3v) is 6.52. The van der Waals surface area contributed by atoms with E-state index < -0.39 is 40.8 Å². The molecule has 180 valence electrons. The van der Waals surface area contributed by atoms with Crippen molar-refractivity contribution in [2.45, 2.75) is 63.3 Å². The number of benzene rings is 1. The molecule has 0 unspecified atom stereocenters. The third kappa shape index (κ3) is 5.04. The SMILES string of the molecule is C[C@H]([C@@H]1O[C@H]1C[C@H]1CO[C@@H](Cc2cn(-c3ccc(F)c([N+](=O)[O-])c3)nn2)[C@H](O)[C@@H]1O)[C@H](C)O. The zero-order valence-corrected chi connectivity index (χ0v) is 18.2. The van der Waals surface area contributed by atoms with Gasteiger partial charge in [0.15, 0.2) is 0 Å².